The highest BCUT2D eigenvalue weighted by atomic mass is 15.3. The molecule has 0 radical (unpaired) electrons. The van der Waals surface area contributed by atoms with Gasteiger partial charge >= 0.3 is 0 Å². The Balaban J connectivity index is 2.12. The predicted octanol–water partition coefficient (Wildman–Crippen LogP) is 1.41. The zero-order chi connectivity index (χ0) is 12.4. The number of aryl methyl sites for hydroxylation is 2. The Morgan fingerprint density at radius 2 is 2.18 bits per heavy atom. The van der Waals surface area contributed by atoms with Crippen molar-refractivity contribution in [3.8, 4) is 5.82 Å². The van der Waals surface area contributed by atoms with E-state index in [1.54, 1.807) is 6.33 Å². The van der Waals surface area contributed by atoms with Gasteiger partial charge in [-0.2, -0.15) is 5.10 Å². The van der Waals surface area contributed by atoms with E-state index in [2.05, 4.69) is 29.2 Å². The molecule has 0 saturated heterocycles. The van der Waals surface area contributed by atoms with Crippen molar-refractivity contribution < 1.29 is 0 Å². The molecule has 5 heteroatoms. The van der Waals surface area contributed by atoms with Gasteiger partial charge in [0.15, 0.2) is 5.82 Å². The topological polar surface area (TPSA) is 47.7 Å². The first kappa shape index (κ1) is 11.9. The standard InChI is InChI=1S/C12H19N5/c1-9(2)13-6-11-7-17(8-14-11)12-5-10(3)16(4)15-12/h5,7-9,13H,6H2,1-4H3. The van der Waals surface area contributed by atoms with Crippen LogP contribution in [0.4, 0.5) is 0 Å². The molecule has 92 valence electrons. The van der Waals surface area contributed by atoms with Gasteiger partial charge in [0.25, 0.3) is 0 Å². The Bertz CT molecular complexity index is 475. The first-order chi connectivity index (χ1) is 8.06. The molecule has 0 saturated carbocycles. The monoisotopic (exact) mass is 233 g/mol. The van der Waals surface area contributed by atoms with Crippen molar-refractivity contribution >= 4 is 0 Å². The minimum absolute atomic E-state index is 0.470. The molecule has 0 aliphatic heterocycles. The Kier molecular flexibility index (Phi) is 3.28. The second-order valence-electron chi connectivity index (χ2n) is 4.58. The van der Waals surface area contributed by atoms with Crippen molar-refractivity contribution in [2.24, 2.45) is 7.05 Å². The molecule has 0 aliphatic rings. The van der Waals surface area contributed by atoms with Crippen molar-refractivity contribution in [1.82, 2.24) is 24.6 Å². The van der Waals surface area contributed by atoms with Gasteiger partial charge in [-0.1, -0.05) is 13.8 Å². The smallest absolute Gasteiger partial charge is 0.160 e. The molecular formula is C12H19N5. The van der Waals surface area contributed by atoms with Crippen LogP contribution in [0.1, 0.15) is 25.2 Å². The molecule has 0 fully saturated rings. The summed E-state index contributed by atoms with van der Waals surface area (Å²) in [5.41, 5.74) is 2.16. The van der Waals surface area contributed by atoms with Gasteiger partial charge in [-0.15, -0.1) is 0 Å². The summed E-state index contributed by atoms with van der Waals surface area (Å²) in [7, 11) is 1.94. The number of hydrogen-bond donors (Lipinski definition) is 1. The Labute approximate surface area is 101 Å². The van der Waals surface area contributed by atoms with Crippen molar-refractivity contribution in [3.63, 3.8) is 0 Å². The second kappa shape index (κ2) is 4.71. The molecule has 2 rings (SSSR count). The highest BCUT2D eigenvalue weighted by molar-refractivity contribution is 5.25. The third-order valence-corrected chi connectivity index (χ3v) is 2.69. The van der Waals surface area contributed by atoms with E-state index in [0.29, 0.717) is 6.04 Å². The third-order valence-electron chi connectivity index (χ3n) is 2.69. The fourth-order valence-electron chi connectivity index (χ4n) is 1.56. The number of nitrogens with zero attached hydrogens (tertiary/aromatic N) is 4. The molecule has 0 spiro atoms. The van der Waals surface area contributed by atoms with E-state index < -0.39 is 0 Å². The van der Waals surface area contributed by atoms with Crippen LogP contribution in [-0.4, -0.2) is 25.4 Å². The summed E-state index contributed by atoms with van der Waals surface area (Å²) in [6.07, 6.45) is 3.82. The van der Waals surface area contributed by atoms with E-state index in [1.165, 1.54) is 0 Å². The number of aromatic nitrogens is 4. The van der Waals surface area contributed by atoms with E-state index >= 15 is 0 Å². The lowest BCUT2D eigenvalue weighted by Crippen LogP contribution is -2.21. The first-order valence-electron chi connectivity index (χ1n) is 5.83. The fourth-order valence-corrected chi connectivity index (χ4v) is 1.56. The molecule has 0 bridgehead atoms. The lowest BCUT2D eigenvalue weighted by molar-refractivity contribution is 0.582. The van der Waals surface area contributed by atoms with Crippen LogP contribution in [0.15, 0.2) is 18.6 Å². The van der Waals surface area contributed by atoms with E-state index in [-0.39, 0.29) is 0 Å². The van der Waals surface area contributed by atoms with E-state index in [9.17, 15) is 0 Å². The zero-order valence-electron chi connectivity index (χ0n) is 10.8. The second-order valence-corrected chi connectivity index (χ2v) is 4.58. The van der Waals surface area contributed by atoms with Crippen LogP contribution in [0, 0.1) is 6.92 Å². The normalized spacial score (nSPS) is 11.4. The average molecular weight is 233 g/mol. The maximum absolute atomic E-state index is 4.41. The summed E-state index contributed by atoms with van der Waals surface area (Å²) in [5.74, 6) is 0.910. The zero-order valence-corrected chi connectivity index (χ0v) is 10.8. The highest BCUT2D eigenvalue weighted by Crippen LogP contribution is 2.08. The summed E-state index contributed by atoms with van der Waals surface area (Å²) in [6, 6.07) is 2.51. The molecule has 17 heavy (non-hydrogen) atoms. The Morgan fingerprint density at radius 1 is 1.41 bits per heavy atom. The van der Waals surface area contributed by atoms with Crippen LogP contribution < -0.4 is 5.32 Å². The van der Waals surface area contributed by atoms with Gasteiger partial charge in [0.05, 0.1) is 5.69 Å². The molecule has 0 aliphatic carbocycles. The minimum Gasteiger partial charge on any atom is -0.309 e. The van der Waals surface area contributed by atoms with Gasteiger partial charge < -0.3 is 5.32 Å². The molecule has 2 heterocycles. The maximum atomic E-state index is 4.41. The molecule has 0 aromatic carbocycles. The van der Waals surface area contributed by atoms with Gasteiger partial charge in [-0.05, 0) is 6.92 Å². The number of nitrogens with one attached hydrogen (secondary N) is 1. The van der Waals surface area contributed by atoms with Crippen LogP contribution in [0.25, 0.3) is 5.82 Å². The quantitative estimate of drug-likeness (QED) is 0.868. The van der Waals surface area contributed by atoms with Gasteiger partial charge in [-0.3, -0.25) is 9.25 Å². The summed E-state index contributed by atoms with van der Waals surface area (Å²) < 4.78 is 3.81. The highest BCUT2D eigenvalue weighted by Gasteiger charge is 2.05. The van der Waals surface area contributed by atoms with E-state index in [4.69, 9.17) is 0 Å². The minimum atomic E-state index is 0.470. The van der Waals surface area contributed by atoms with Gasteiger partial charge in [0.2, 0.25) is 0 Å². The van der Waals surface area contributed by atoms with Gasteiger partial charge in [-0.25, -0.2) is 4.98 Å². The lowest BCUT2D eigenvalue weighted by Gasteiger charge is -2.04. The molecule has 0 amide bonds. The molecule has 2 aromatic rings. The summed E-state index contributed by atoms with van der Waals surface area (Å²) in [5, 5.41) is 7.75. The van der Waals surface area contributed by atoms with Crippen molar-refractivity contribution in [1.29, 1.82) is 0 Å². The van der Waals surface area contributed by atoms with E-state index in [0.717, 1.165) is 23.8 Å². The summed E-state index contributed by atoms with van der Waals surface area (Å²) in [4.78, 5) is 4.35. The summed E-state index contributed by atoms with van der Waals surface area (Å²) in [6.45, 7) is 7.07. The largest absolute Gasteiger partial charge is 0.309 e. The SMILES string of the molecule is Cc1cc(-n2cnc(CNC(C)C)c2)nn1C. The lowest BCUT2D eigenvalue weighted by atomic mass is 10.3. The van der Waals surface area contributed by atoms with Crippen molar-refractivity contribution in [2.75, 3.05) is 0 Å². The van der Waals surface area contributed by atoms with Crippen molar-refractivity contribution in [2.45, 2.75) is 33.4 Å². The predicted molar refractivity (Wildman–Crippen MR) is 67.0 cm³/mol. The van der Waals surface area contributed by atoms with E-state index in [1.807, 2.05) is 35.5 Å². The molecule has 1 N–H and O–H groups in total. The molecule has 0 atom stereocenters. The van der Waals surface area contributed by atoms with Gasteiger partial charge in [0.1, 0.15) is 6.33 Å². The third kappa shape index (κ3) is 2.74. The molecular weight excluding hydrogens is 214 g/mol. The van der Waals surface area contributed by atoms with Gasteiger partial charge in [0, 0.05) is 37.6 Å². The Morgan fingerprint density at radius 3 is 2.76 bits per heavy atom. The number of rotatable bonds is 4. The summed E-state index contributed by atoms with van der Waals surface area (Å²) >= 11 is 0. The Hall–Kier alpha value is -1.62. The van der Waals surface area contributed by atoms with Crippen LogP contribution in [-0.2, 0) is 13.6 Å². The molecule has 0 unspecified atom stereocenters. The van der Waals surface area contributed by atoms with Crippen LogP contribution in [0.5, 0.6) is 0 Å². The first-order valence-corrected chi connectivity index (χ1v) is 5.83. The maximum Gasteiger partial charge on any atom is 0.160 e. The molecule has 5 nitrogen and oxygen atoms in total. The van der Waals surface area contributed by atoms with Crippen molar-refractivity contribution in [3.05, 3.63) is 30.0 Å². The molecule has 2 aromatic heterocycles. The van der Waals surface area contributed by atoms with Crippen LogP contribution in [0.2, 0.25) is 0 Å². The van der Waals surface area contributed by atoms with Crippen LogP contribution >= 0.6 is 0 Å². The number of hydrogen-bond acceptors (Lipinski definition) is 3. The number of imidazole rings is 1. The fraction of sp³-hybridized carbons (Fsp3) is 0.500. The average Bonchev–Trinajstić information content (AvgIpc) is 2.84. The van der Waals surface area contributed by atoms with Crippen LogP contribution in [0.3, 0.4) is 0 Å².